The van der Waals surface area contributed by atoms with E-state index in [1.165, 1.54) is 0 Å². The molecule has 0 aromatic heterocycles. The molecule has 0 saturated carbocycles. The third-order valence-electron chi connectivity index (χ3n) is 1.48. The van der Waals surface area contributed by atoms with Crippen molar-refractivity contribution >= 4 is 0 Å². The molecule has 0 heterocycles. The predicted molar refractivity (Wildman–Crippen MR) is 45.6 cm³/mol. The number of rotatable bonds is 1. The molecule has 0 aliphatic heterocycles. The molecule has 0 aliphatic rings. The summed E-state index contributed by atoms with van der Waals surface area (Å²) in [6, 6.07) is 6.98. The van der Waals surface area contributed by atoms with Crippen molar-refractivity contribution in [2.45, 2.75) is 0 Å². The van der Waals surface area contributed by atoms with Crippen molar-refractivity contribution in [2.24, 2.45) is 0 Å². The van der Waals surface area contributed by atoms with Gasteiger partial charge < -0.3 is 4.74 Å². The molecule has 1 aromatic carbocycles. The van der Waals surface area contributed by atoms with Gasteiger partial charge in [0.1, 0.15) is 5.75 Å². The van der Waals surface area contributed by atoms with Crippen molar-refractivity contribution in [1.82, 2.24) is 0 Å². The van der Waals surface area contributed by atoms with Crippen LogP contribution in [0.25, 0.3) is 0 Å². The van der Waals surface area contributed by atoms with Gasteiger partial charge in [-0.05, 0) is 18.2 Å². The summed E-state index contributed by atoms with van der Waals surface area (Å²) >= 11 is 0. The van der Waals surface area contributed by atoms with Gasteiger partial charge in [0.05, 0.1) is 24.3 Å². The second kappa shape index (κ2) is 3.46. The Morgan fingerprint density at radius 2 is 2.25 bits per heavy atom. The summed E-state index contributed by atoms with van der Waals surface area (Å²) in [4.78, 5) is 0. The van der Waals surface area contributed by atoms with E-state index in [2.05, 4.69) is 5.92 Å². The Bertz CT molecular complexity index is 368. The Morgan fingerprint density at radius 3 is 2.75 bits per heavy atom. The van der Waals surface area contributed by atoms with Crippen LogP contribution in [0.5, 0.6) is 5.75 Å². The highest BCUT2D eigenvalue weighted by Crippen LogP contribution is 2.17. The van der Waals surface area contributed by atoms with Crippen LogP contribution in [0.2, 0.25) is 0 Å². The fourth-order valence-electron chi connectivity index (χ4n) is 0.890. The quantitative estimate of drug-likeness (QED) is 0.579. The molecule has 0 bridgehead atoms. The number of methoxy groups -OCH3 is 1. The van der Waals surface area contributed by atoms with Crippen molar-refractivity contribution < 1.29 is 4.74 Å². The molecule has 58 valence electrons. The predicted octanol–water partition coefficient (Wildman–Crippen LogP) is 1.55. The summed E-state index contributed by atoms with van der Waals surface area (Å²) in [5.41, 5.74) is 1.15. The van der Waals surface area contributed by atoms with Gasteiger partial charge in [0.2, 0.25) is 0 Å². The van der Waals surface area contributed by atoms with Crippen LogP contribution in [0.15, 0.2) is 18.2 Å². The fraction of sp³-hybridized carbons (Fsp3) is 0.100. The van der Waals surface area contributed by atoms with E-state index in [-0.39, 0.29) is 0 Å². The number of terminal acetylenes is 1. The van der Waals surface area contributed by atoms with E-state index in [1.54, 1.807) is 25.3 Å². The van der Waals surface area contributed by atoms with E-state index in [1.807, 2.05) is 6.07 Å². The lowest BCUT2D eigenvalue weighted by Crippen LogP contribution is -1.88. The van der Waals surface area contributed by atoms with Crippen LogP contribution < -0.4 is 4.74 Å². The minimum atomic E-state index is 0.545. The average molecular weight is 157 g/mol. The molecule has 0 unspecified atom stereocenters. The van der Waals surface area contributed by atoms with Crippen molar-refractivity contribution in [2.75, 3.05) is 7.11 Å². The van der Waals surface area contributed by atoms with E-state index >= 15 is 0 Å². The maximum atomic E-state index is 8.56. The fourth-order valence-corrected chi connectivity index (χ4v) is 0.890. The molecule has 1 aromatic rings. The van der Waals surface area contributed by atoms with Crippen LogP contribution in [-0.4, -0.2) is 7.11 Å². The monoisotopic (exact) mass is 157 g/mol. The lowest BCUT2D eigenvalue weighted by molar-refractivity contribution is 0.413. The Hall–Kier alpha value is -1.93. The number of hydrogen-bond donors (Lipinski definition) is 0. The molecule has 0 fully saturated rings. The molecule has 2 nitrogen and oxygen atoms in total. The molecule has 0 spiro atoms. The minimum absolute atomic E-state index is 0.545. The molecule has 0 aliphatic carbocycles. The molecule has 12 heavy (non-hydrogen) atoms. The molecular weight excluding hydrogens is 150 g/mol. The maximum absolute atomic E-state index is 8.56. The lowest BCUT2D eigenvalue weighted by atomic mass is 10.1. The zero-order valence-electron chi connectivity index (χ0n) is 6.66. The van der Waals surface area contributed by atoms with Crippen molar-refractivity contribution in [1.29, 1.82) is 5.26 Å². The van der Waals surface area contributed by atoms with Gasteiger partial charge in [-0.3, -0.25) is 0 Å². The number of nitrogens with zero attached hydrogens (tertiary/aromatic N) is 1. The van der Waals surface area contributed by atoms with Crippen LogP contribution in [-0.2, 0) is 0 Å². The maximum Gasteiger partial charge on any atom is 0.134 e. The standard InChI is InChI=1S/C10H7NO/c1-3-9-6-8(7-11)4-5-10(9)12-2/h1,4-6H,2H3. The van der Waals surface area contributed by atoms with Crippen LogP contribution in [0, 0.1) is 23.7 Å². The van der Waals surface area contributed by atoms with Gasteiger partial charge in [-0.25, -0.2) is 0 Å². The summed E-state index contributed by atoms with van der Waals surface area (Å²) in [6.07, 6.45) is 5.21. The van der Waals surface area contributed by atoms with E-state index in [0.29, 0.717) is 16.9 Å². The SMILES string of the molecule is C#Cc1cc(C#N)ccc1OC. The highest BCUT2D eigenvalue weighted by atomic mass is 16.5. The third kappa shape index (κ3) is 1.38. The summed E-state index contributed by atoms with van der Waals surface area (Å²) in [5.74, 6) is 3.07. The molecule has 1 rings (SSSR count). The molecule has 0 N–H and O–H groups in total. The summed E-state index contributed by atoms with van der Waals surface area (Å²) in [6.45, 7) is 0. The normalized spacial score (nSPS) is 8.25. The molecule has 2 heteroatoms. The highest BCUT2D eigenvalue weighted by Gasteiger charge is 2.00. The Labute approximate surface area is 71.4 Å². The van der Waals surface area contributed by atoms with E-state index < -0.39 is 0 Å². The zero-order chi connectivity index (χ0) is 8.97. The molecule has 0 atom stereocenters. The Balaban J connectivity index is 3.24. The second-order valence-electron chi connectivity index (χ2n) is 2.17. The third-order valence-corrected chi connectivity index (χ3v) is 1.48. The molecule has 0 radical (unpaired) electrons. The van der Waals surface area contributed by atoms with Gasteiger partial charge >= 0.3 is 0 Å². The first-order valence-electron chi connectivity index (χ1n) is 3.36. The van der Waals surface area contributed by atoms with Crippen LogP contribution in [0.4, 0.5) is 0 Å². The number of ether oxygens (including phenoxy) is 1. The second-order valence-corrected chi connectivity index (χ2v) is 2.17. The van der Waals surface area contributed by atoms with Gasteiger partial charge in [0.25, 0.3) is 0 Å². The van der Waals surface area contributed by atoms with Gasteiger partial charge in [0.15, 0.2) is 0 Å². The Kier molecular flexibility index (Phi) is 2.35. The molecule has 0 amide bonds. The first kappa shape index (κ1) is 8.17. The van der Waals surface area contributed by atoms with E-state index in [0.717, 1.165) is 0 Å². The van der Waals surface area contributed by atoms with Gasteiger partial charge in [0, 0.05) is 0 Å². The van der Waals surface area contributed by atoms with Crippen LogP contribution >= 0.6 is 0 Å². The smallest absolute Gasteiger partial charge is 0.134 e. The van der Waals surface area contributed by atoms with Crippen LogP contribution in [0.3, 0.4) is 0 Å². The van der Waals surface area contributed by atoms with Crippen LogP contribution in [0.1, 0.15) is 11.1 Å². The van der Waals surface area contributed by atoms with Gasteiger partial charge in [-0.2, -0.15) is 5.26 Å². The van der Waals surface area contributed by atoms with E-state index in [4.69, 9.17) is 16.4 Å². The summed E-state index contributed by atoms with van der Waals surface area (Å²) in [7, 11) is 1.54. The van der Waals surface area contributed by atoms with Gasteiger partial charge in [-0.15, -0.1) is 6.42 Å². The topological polar surface area (TPSA) is 33.0 Å². The van der Waals surface area contributed by atoms with Gasteiger partial charge in [-0.1, -0.05) is 5.92 Å². The van der Waals surface area contributed by atoms with Crippen molar-refractivity contribution in [3.63, 3.8) is 0 Å². The zero-order valence-corrected chi connectivity index (χ0v) is 6.66. The summed E-state index contributed by atoms with van der Waals surface area (Å²) < 4.78 is 4.98. The number of hydrogen-bond acceptors (Lipinski definition) is 2. The van der Waals surface area contributed by atoms with Crippen molar-refractivity contribution in [3.8, 4) is 24.2 Å². The number of benzene rings is 1. The van der Waals surface area contributed by atoms with Crippen molar-refractivity contribution in [3.05, 3.63) is 29.3 Å². The molecular formula is C10H7NO. The number of nitriles is 1. The lowest BCUT2D eigenvalue weighted by Gasteiger charge is -2.01. The molecule has 0 saturated heterocycles. The summed E-state index contributed by atoms with van der Waals surface area (Å²) in [5, 5.41) is 8.56. The highest BCUT2D eigenvalue weighted by molar-refractivity contribution is 5.49. The Morgan fingerprint density at radius 1 is 1.50 bits per heavy atom. The largest absolute Gasteiger partial charge is 0.495 e. The first-order chi connectivity index (χ1) is 5.81. The van der Waals surface area contributed by atoms with E-state index in [9.17, 15) is 0 Å². The first-order valence-corrected chi connectivity index (χ1v) is 3.36. The average Bonchev–Trinajstić information content (AvgIpc) is 2.16. The minimum Gasteiger partial charge on any atom is -0.495 e.